The molecule has 2 aliphatic rings. The molecule has 0 N–H and O–H groups in total. The van der Waals surface area contributed by atoms with Gasteiger partial charge in [0, 0.05) is 24.1 Å². The number of carbonyl (C=O) groups is 1. The summed E-state index contributed by atoms with van der Waals surface area (Å²) in [6, 6.07) is 13.1. The number of hydrogen-bond acceptors (Lipinski definition) is 4. The molecule has 4 nitrogen and oxygen atoms in total. The standard InChI is InChI=1S/C25H27F2NO3/c1-28-20-11-13-22(28)21(12-14-24(29)30-2)23(15-20)31-25(16-3-7-18(26)8-4-16)17-5-9-19(27)10-6-17/h3-10,12,14,20-23,25H,11,13,15H2,1-2H3/t20?,21-,22+,23-/m1/s1. The van der Waals surface area contributed by atoms with E-state index < -0.39 is 12.1 Å². The summed E-state index contributed by atoms with van der Waals surface area (Å²) in [5, 5.41) is 0. The first-order chi connectivity index (χ1) is 15.0. The number of rotatable bonds is 6. The molecule has 2 heterocycles. The van der Waals surface area contributed by atoms with Gasteiger partial charge in [0.1, 0.15) is 17.7 Å². The number of benzene rings is 2. The molecule has 0 saturated carbocycles. The molecule has 0 aliphatic carbocycles. The van der Waals surface area contributed by atoms with Crippen molar-refractivity contribution in [3.8, 4) is 0 Å². The Balaban J connectivity index is 1.66. The second kappa shape index (κ2) is 9.28. The monoisotopic (exact) mass is 427 g/mol. The molecule has 0 spiro atoms. The molecule has 4 atom stereocenters. The van der Waals surface area contributed by atoms with Gasteiger partial charge in [0.2, 0.25) is 0 Å². The minimum Gasteiger partial charge on any atom is -0.466 e. The summed E-state index contributed by atoms with van der Waals surface area (Å²) in [6.07, 6.45) is 5.69. The number of halogens is 2. The van der Waals surface area contributed by atoms with Crippen molar-refractivity contribution in [1.82, 2.24) is 4.90 Å². The van der Waals surface area contributed by atoms with Gasteiger partial charge in [-0.3, -0.25) is 4.90 Å². The van der Waals surface area contributed by atoms with E-state index in [-0.39, 0.29) is 29.7 Å². The molecule has 4 rings (SSSR count). The van der Waals surface area contributed by atoms with E-state index in [0.717, 1.165) is 30.4 Å². The van der Waals surface area contributed by atoms with Crippen LogP contribution >= 0.6 is 0 Å². The van der Waals surface area contributed by atoms with Crippen LogP contribution in [-0.4, -0.2) is 43.2 Å². The van der Waals surface area contributed by atoms with Crippen molar-refractivity contribution < 1.29 is 23.0 Å². The smallest absolute Gasteiger partial charge is 0.330 e. The zero-order valence-corrected chi connectivity index (χ0v) is 17.7. The van der Waals surface area contributed by atoms with Crippen molar-refractivity contribution in [2.24, 2.45) is 5.92 Å². The van der Waals surface area contributed by atoms with Crippen molar-refractivity contribution in [2.45, 2.75) is 43.6 Å². The summed E-state index contributed by atoms with van der Waals surface area (Å²) in [6.45, 7) is 0. The molecule has 2 aliphatic heterocycles. The van der Waals surface area contributed by atoms with E-state index in [2.05, 4.69) is 11.9 Å². The van der Waals surface area contributed by atoms with Gasteiger partial charge >= 0.3 is 5.97 Å². The van der Waals surface area contributed by atoms with E-state index in [1.807, 2.05) is 6.08 Å². The van der Waals surface area contributed by atoms with Gasteiger partial charge in [-0.25, -0.2) is 13.6 Å². The molecule has 2 aromatic rings. The maximum Gasteiger partial charge on any atom is 0.330 e. The van der Waals surface area contributed by atoms with Gasteiger partial charge in [-0.2, -0.15) is 0 Å². The quantitative estimate of drug-likeness (QED) is 0.497. The Bertz CT molecular complexity index is 883. The lowest BCUT2D eigenvalue weighted by molar-refractivity contribution is -0.134. The summed E-state index contributed by atoms with van der Waals surface area (Å²) < 4.78 is 38.5. The van der Waals surface area contributed by atoms with Crippen LogP contribution in [0.1, 0.15) is 36.5 Å². The number of carbonyl (C=O) groups excluding carboxylic acids is 1. The Labute approximate surface area is 181 Å². The van der Waals surface area contributed by atoms with Crippen LogP contribution in [0.4, 0.5) is 8.78 Å². The number of ether oxygens (including phenoxy) is 2. The third-order valence-corrected chi connectivity index (χ3v) is 6.58. The van der Waals surface area contributed by atoms with Crippen LogP contribution in [0, 0.1) is 17.6 Å². The largest absolute Gasteiger partial charge is 0.466 e. The molecule has 0 amide bonds. The molecule has 2 saturated heterocycles. The number of piperidine rings is 1. The average Bonchev–Trinajstić information content (AvgIpc) is 3.02. The van der Waals surface area contributed by atoms with Gasteiger partial charge in [0.25, 0.3) is 0 Å². The van der Waals surface area contributed by atoms with Gasteiger partial charge in [-0.1, -0.05) is 30.3 Å². The lowest BCUT2D eigenvalue weighted by Crippen LogP contribution is -2.49. The van der Waals surface area contributed by atoms with Crippen LogP contribution in [0.3, 0.4) is 0 Å². The second-order valence-electron chi connectivity index (χ2n) is 8.32. The van der Waals surface area contributed by atoms with Crippen LogP contribution in [0.15, 0.2) is 60.7 Å². The Kier molecular flexibility index (Phi) is 6.49. The molecule has 2 bridgehead atoms. The molecule has 1 unspecified atom stereocenters. The molecule has 2 aromatic carbocycles. The highest BCUT2D eigenvalue weighted by atomic mass is 19.1. The Morgan fingerprint density at radius 3 is 2.16 bits per heavy atom. The maximum absolute atomic E-state index is 13.5. The number of fused-ring (bicyclic) bond motifs is 2. The predicted molar refractivity (Wildman–Crippen MR) is 113 cm³/mol. The molecule has 0 radical (unpaired) electrons. The average molecular weight is 427 g/mol. The summed E-state index contributed by atoms with van der Waals surface area (Å²) in [4.78, 5) is 14.1. The van der Waals surface area contributed by atoms with Crippen molar-refractivity contribution in [3.63, 3.8) is 0 Å². The first-order valence-corrected chi connectivity index (χ1v) is 10.6. The highest BCUT2D eigenvalue weighted by Crippen LogP contribution is 2.42. The van der Waals surface area contributed by atoms with E-state index in [4.69, 9.17) is 9.47 Å². The van der Waals surface area contributed by atoms with Crippen molar-refractivity contribution >= 4 is 5.97 Å². The lowest BCUT2D eigenvalue weighted by atomic mass is 9.86. The third-order valence-electron chi connectivity index (χ3n) is 6.58. The van der Waals surface area contributed by atoms with Crippen molar-refractivity contribution in [1.29, 1.82) is 0 Å². The first-order valence-electron chi connectivity index (χ1n) is 10.6. The van der Waals surface area contributed by atoms with E-state index in [9.17, 15) is 13.6 Å². The summed E-state index contributed by atoms with van der Waals surface area (Å²) in [7, 11) is 3.48. The summed E-state index contributed by atoms with van der Waals surface area (Å²) in [5.41, 5.74) is 1.60. The minimum absolute atomic E-state index is 0.00578. The van der Waals surface area contributed by atoms with Crippen molar-refractivity contribution in [2.75, 3.05) is 14.2 Å². The van der Waals surface area contributed by atoms with E-state index in [1.54, 1.807) is 24.3 Å². The van der Waals surface area contributed by atoms with Gasteiger partial charge in [0.05, 0.1) is 13.2 Å². The lowest BCUT2D eigenvalue weighted by Gasteiger charge is -2.43. The highest BCUT2D eigenvalue weighted by molar-refractivity contribution is 5.81. The molecule has 6 heteroatoms. The first kappa shape index (κ1) is 21.7. The number of hydrogen-bond donors (Lipinski definition) is 0. The molecule has 0 aromatic heterocycles. The van der Waals surface area contributed by atoms with Gasteiger partial charge in [-0.05, 0) is 61.7 Å². The Hall–Kier alpha value is -2.57. The molecule has 31 heavy (non-hydrogen) atoms. The topological polar surface area (TPSA) is 38.8 Å². The zero-order chi connectivity index (χ0) is 22.0. The number of nitrogens with zero attached hydrogens (tertiary/aromatic N) is 1. The van der Waals surface area contributed by atoms with E-state index >= 15 is 0 Å². The van der Waals surface area contributed by atoms with Gasteiger partial charge in [0.15, 0.2) is 0 Å². The van der Waals surface area contributed by atoms with Crippen molar-refractivity contribution in [3.05, 3.63) is 83.4 Å². The zero-order valence-electron chi connectivity index (χ0n) is 17.7. The summed E-state index contributed by atoms with van der Waals surface area (Å²) in [5.74, 6) is -1.03. The van der Waals surface area contributed by atoms with Gasteiger partial charge < -0.3 is 9.47 Å². The van der Waals surface area contributed by atoms with E-state index in [1.165, 1.54) is 37.5 Å². The number of esters is 1. The fourth-order valence-corrected chi connectivity index (χ4v) is 4.92. The van der Waals surface area contributed by atoms with Crippen LogP contribution in [0.5, 0.6) is 0 Å². The maximum atomic E-state index is 13.5. The molecule has 2 fully saturated rings. The van der Waals surface area contributed by atoms with Crippen LogP contribution in [-0.2, 0) is 14.3 Å². The highest BCUT2D eigenvalue weighted by Gasteiger charge is 2.45. The molecular formula is C25H27F2NO3. The summed E-state index contributed by atoms with van der Waals surface area (Å²) >= 11 is 0. The second-order valence-corrected chi connectivity index (χ2v) is 8.32. The van der Waals surface area contributed by atoms with Crippen LogP contribution in [0.2, 0.25) is 0 Å². The minimum atomic E-state index is -0.469. The Morgan fingerprint density at radius 1 is 1.03 bits per heavy atom. The predicted octanol–water partition coefficient (Wildman–Crippen LogP) is 4.65. The van der Waals surface area contributed by atoms with Crippen LogP contribution < -0.4 is 0 Å². The van der Waals surface area contributed by atoms with Crippen LogP contribution in [0.25, 0.3) is 0 Å². The van der Waals surface area contributed by atoms with Gasteiger partial charge in [-0.15, -0.1) is 0 Å². The fraction of sp³-hybridized carbons (Fsp3) is 0.400. The third kappa shape index (κ3) is 4.70. The molecule has 164 valence electrons. The normalized spacial score (nSPS) is 26.0. The molecular weight excluding hydrogens is 400 g/mol. The van der Waals surface area contributed by atoms with E-state index in [0.29, 0.717) is 6.04 Å². The number of methoxy groups -OCH3 is 1. The SMILES string of the molecule is COC(=O)C=C[C@H]1[C@H](OC(c2ccc(F)cc2)c2ccc(F)cc2)CC2CC[C@@H]1N2C. The fourth-order valence-electron chi connectivity index (χ4n) is 4.92. The Morgan fingerprint density at radius 2 is 1.61 bits per heavy atom.